The van der Waals surface area contributed by atoms with Crippen LogP contribution in [0.4, 0.5) is 24.9 Å². The summed E-state index contributed by atoms with van der Waals surface area (Å²) in [6, 6.07) is 0.933. The van der Waals surface area contributed by atoms with Gasteiger partial charge in [0.2, 0.25) is 5.95 Å². The summed E-state index contributed by atoms with van der Waals surface area (Å²) < 4.78 is 38.6. The normalized spacial score (nSPS) is 17.4. The summed E-state index contributed by atoms with van der Waals surface area (Å²) in [5.74, 6) is 0.281. The standard InChI is InChI=1S/C12H17F3N4O/c1-18(2)10-7-9(12(13,14)15)16-11(17-10)19-5-3-8(20)4-6-19/h7-8,20H,3-6H2,1-2H3. The molecule has 0 spiro atoms. The van der Waals surface area contributed by atoms with Crippen LogP contribution >= 0.6 is 0 Å². The number of anilines is 2. The second kappa shape index (κ2) is 5.43. The van der Waals surface area contributed by atoms with E-state index in [4.69, 9.17) is 0 Å². The first-order valence-corrected chi connectivity index (χ1v) is 6.34. The van der Waals surface area contributed by atoms with Gasteiger partial charge in [-0.05, 0) is 12.8 Å². The van der Waals surface area contributed by atoms with Gasteiger partial charge in [-0.25, -0.2) is 4.98 Å². The van der Waals surface area contributed by atoms with Crippen LogP contribution in [0.2, 0.25) is 0 Å². The Kier molecular flexibility index (Phi) is 4.03. The van der Waals surface area contributed by atoms with Crippen molar-refractivity contribution in [1.82, 2.24) is 9.97 Å². The lowest BCUT2D eigenvalue weighted by Gasteiger charge is -2.30. The van der Waals surface area contributed by atoms with Gasteiger partial charge in [0.05, 0.1) is 6.10 Å². The molecule has 8 heteroatoms. The van der Waals surface area contributed by atoms with Crippen molar-refractivity contribution < 1.29 is 18.3 Å². The summed E-state index contributed by atoms with van der Waals surface area (Å²) in [6.45, 7) is 0.907. The van der Waals surface area contributed by atoms with Crippen LogP contribution in [0.5, 0.6) is 0 Å². The predicted octanol–water partition coefficient (Wildman–Crippen LogP) is 1.52. The Balaban J connectivity index is 2.34. The zero-order valence-electron chi connectivity index (χ0n) is 11.4. The molecule has 0 unspecified atom stereocenters. The number of alkyl halides is 3. The van der Waals surface area contributed by atoms with Crippen LogP contribution in [0, 0.1) is 0 Å². The number of aliphatic hydroxyl groups excluding tert-OH is 1. The maximum absolute atomic E-state index is 12.9. The molecule has 1 aliphatic rings. The molecule has 2 rings (SSSR count). The van der Waals surface area contributed by atoms with Crippen LogP contribution in [-0.4, -0.2) is 48.4 Å². The zero-order valence-corrected chi connectivity index (χ0v) is 11.4. The molecule has 20 heavy (non-hydrogen) atoms. The van der Waals surface area contributed by atoms with Gasteiger partial charge in [-0.2, -0.15) is 18.2 Å². The van der Waals surface area contributed by atoms with E-state index in [2.05, 4.69) is 9.97 Å². The summed E-state index contributed by atoms with van der Waals surface area (Å²) in [5, 5.41) is 9.44. The number of hydrogen-bond acceptors (Lipinski definition) is 5. The minimum absolute atomic E-state index is 0.0652. The summed E-state index contributed by atoms with van der Waals surface area (Å²) >= 11 is 0. The maximum atomic E-state index is 12.9. The molecule has 0 aliphatic carbocycles. The fourth-order valence-electron chi connectivity index (χ4n) is 2.00. The highest BCUT2D eigenvalue weighted by molar-refractivity contribution is 5.45. The van der Waals surface area contributed by atoms with E-state index >= 15 is 0 Å². The van der Waals surface area contributed by atoms with Crippen LogP contribution in [0.15, 0.2) is 6.07 Å². The average molecular weight is 290 g/mol. The molecule has 0 saturated carbocycles. The molecular weight excluding hydrogens is 273 g/mol. The molecule has 1 aromatic rings. The average Bonchev–Trinajstić information content (AvgIpc) is 2.38. The van der Waals surface area contributed by atoms with Gasteiger partial charge in [-0.3, -0.25) is 0 Å². The highest BCUT2D eigenvalue weighted by Crippen LogP contribution is 2.31. The van der Waals surface area contributed by atoms with Crippen LogP contribution < -0.4 is 9.80 Å². The van der Waals surface area contributed by atoms with E-state index in [0.29, 0.717) is 25.9 Å². The van der Waals surface area contributed by atoms with Crippen molar-refractivity contribution in [3.8, 4) is 0 Å². The molecule has 112 valence electrons. The number of rotatable bonds is 2. The van der Waals surface area contributed by atoms with Gasteiger partial charge in [-0.15, -0.1) is 0 Å². The van der Waals surface area contributed by atoms with Crippen LogP contribution in [-0.2, 0) is 6.18 Å². The molecule has 1 aromatic heterocycles. The number of aliphatic hydroxyl groups is 1. The van der Waals surface area contributed by atoms with Crippen molar-refractivity contribution in [2.24, 2.45) is 0 Å². The highest BCUT2D eigenvalue weighted by Gasteiger charge is 2.34. The third-order valence-corrected chi connectivity index (χ3v) is 3.20. The third kappa shape index (κ3) is 3.30. The third-order valence-electron chi connectivity index (χ3n) is 3.20. The smallest absolute Gasteiger partial charge is 0.393 e. The molecule has 0 aromatic carbocycles. The highest BCUT2D eigenvalue weighted by atomic mass is 19.4. The van der Waals surface area contributed by atoms with Crippen molar-refractivity contribution in [3.05, 3.63) is 11.8 Å². The Labute approximate surface area is 115 Å². The number of hydrogen-bond donors (Lipinski definition) is 1. The monoisotopic (exact) mass is 290 g/mol. The maximum Gasteiger partial charge on any atom is 0.433 e. The Bertz CT molecular complexity index is 470. The molecule has 0 bridgehead atoms. The van der Waals surface area contributed by atoms with Crippen molar-refractivity contribution >= 4 is 11.8 Å². The van der Waals surface area contributed by atoms with E-state index in [1.165, 1.54) is 4.90 Å². The topological polar surface area (TPSA) is 52.5 Å². The number of halogens is 3. The van der Waals surface area contributed by atoms with E-state index in [0.717, 1.165) is 6.07 Å². The molecule has 2 heterocycles. The van der Waals surface area contributed by atoms with Crippen LogP contribution in [0.1, 0.15) is 18.5 Å². The van der Waals surface area contributed by atoms with Gasteiger partial charge >= 0.3 is 6.18 Å². The van der Waals surface area contributed by atoms with Gasteiger partial charge in [0.15, 0.2) is 5.69 Å². The molecule has 1 N–H and O–H groups in total. The number of piperidine rings is 1. The summed E-state index contributed by atoms with van der Waals surface area (Å²) in [7, 11) is 3.26. The zero-order chi connectivity index (χ0) is 14.9. The Morgan fingerprint density at radius 1 is 1.25 bits per heavy atom. The minimum atomic E-state index is -4.50. The van der Waals surface area contributed by atoms with E-state index < -0.39 is 18.0 Å². The molecule has 1 aliphatic heterocycles. The van der Waals surface area contributed by atoms with Gasteiger partial charge in [0.1, 0.15) is 5.82 Å². The Hall–Kier alpha value is -1.57. The van der Waals surface area contributed by atoms with Gasteiger partial charge in [0.25, 0.3) is 0 Å². The van der Waals surface area contributed by atoms with E-state index in [9.17, 15) is 18.3 Å². The molecule has 1 fully saturated rings. The van der Waals surface area contributed by atoms with Gasteiger partial charge in [-0.1, -0.05) is 0 Å². The van der Waals surface area contributed by atoms with Crippen LogP contribution in [0.25, 0.3) is 0 Å². The second-order valence-corrected chi connectivity index (χ2v) is 5.02. The molecular formula is C12H17F3N4O. The SMILES string of the molecule is CN(C)c1cc(C(F)(F)F)nc(N2CCC(O)CC2)n1. The first kappa shape index (κ1) is 14.8. The van der Waals surface area contributed by atoms with Crippen molar-refractivity contribution in [2.75, 3.05) is 37.0 Å². The second-order valence-electron chi connectivity index (χ2n) is 5.02. The minimum Gasteiger partial charge on any atom is -0.393 e. The lowest BCUT2D eigenvalue weighted by atomic mass is 10.1. The lowest BCUT2D eigenvalue weighted by molar-refractivity contribution is -0.141. The number of nitrogens with zero attached hydrogens (tertiary/aromatic N) is 4. The van der Waals surface area contributed by atoms with E-state index in [-0.39, 0.29) is 11.8 Å². The fraction of sp³-hybridized carbons (Fsp3) is 0.667. The summed E-state index contributed by atoms with van der Waals surface area (Å²) in [4.78, 5) is 11.0. The summed E-state index contributed by atoms with van der Waals surface area (Å²) in [6.07, 6.45) is -3.88. The quantitative estimate of drug-likeness (QED) is 0.895. The number of aromatic nitrogens is 2. The molecule has 0 atom stereocenters. The lowest BCUT2D eigenvalue weighted by Crippen LogP contribution is -2.37. The first-order chi connectivity index (χ1) is 9.27. The largest absolute Gasteiger partial charge is 0.433 e. The first-order valence-electron chi connectivity index (χ1n) is 6.34. The Morgan fingerprint density at radius 2 is 1.85 bits per heavy atom. The molecule has 0 amide bonds. The fourth-order valence-corrected chi connectivity index (χ4v) is 2.00. The molecule has 5 nitrogen and oxygen atoms in total. The van der Waals surface area contributed by atoms with Crippen molar-refractivity contribution in [1.29, 1.82) is 0 Å². The Morgan fingerprint density at radius 3 is 2.35 bits per heavy atom. The van der Waals surface area contributed by atoms with Crippen molar-refractivity contribution in [2.45, 2.75) is 25.1 Å². The molecule has 1 saturated heterocycles. The van der Waals surface area contributed by atoms with Gasteiger partial charge in [0, 0.05) is 33.3 Å². The van der Waals surface area contributed by atoms with Crippen molar-refractivity contribution in [3.63, 3.8) is 0 Å². The summed E-state index contributed by atoms with van der Waals surface area (Å²) in [5.41, 5.74) is -0.947. The van der Waals surface area contributed by atoms with E-state index in [1.807, 2.05) is 0 Å². The van der Waals surface area contributed by atoms with Crippen LogP contribution in [0.3, 0.4) is 0 Å². The van der Waals surface area contributed by atoms with Gasteiger partial charge < -0.3 is 14.9 Å². The predicted molar refractivity (Wildman–Crippen MR) is 68.8 cm³/mol. The van der Waals surface area contributed by atoms with E-state index in [1.54, 1.807) is 19.0 Å². The molecule has 0 radical (unpaired) electrons.